The third-order valence-corrected chi connectivity index (χ3v) is 2.81. The molecule has 1 aliphatic heterocycles. The van der Waals surface area contributed by atoms with E-state index >= 15 is 0 Å². The molecule has 0 radical (unpaired) electrons. The van der Waals surface area contributed by atoms with E-state index in [2.05, 4.69) is 9.98 Å². The summed E-state index contributed by atoms with van der Waals surface area (Å²) in [5.74, 6) is -0.246. The van der Waals surface area contributed by atoms with Crippen LogP contribution in [0, 0.1) is 0 Å². The maximum atomic E-state index is 11.5. The molecule has 0 bridgehead atoms. The van der Waals surface area contributed by atoms with Gasteiger partial charge in [-0.05, 0) is 31.9 Å². The Morgan fingerprint density at radius 3 is 3.06 bits per heavy atom. The molecule has 1 aromatic heterocycles. The van der Waals surface area contributed by atoms with Crippen molar-refractivity contribution in [1.82, 2.24) is 4.98 Å². The molecule has 0 spiro atoms. The number of esters is 1. The number of carbonyl (C=O) groups is 1. The third-order valence-electron chi connectivity index (χ3n) is 2.59. The van der Waals surface area contributed by atoms with Crippen LogP contribution >= 0.6 is 11.6 Å². The lowest BCUT2D eigenvalue weighted by Crippen LogP contribution is -2.18. The van der Waals surface area contributed by atoms with E-state index in [1.54, 1.807) is 19.2 Å². The van der Waals surface area contributed by atoms with Crippen molar-refractivity contribution in [2.24, 2.45) is 4.99 Å². The molecule has 1 aromatic rings. The van der Waals surface area contributed by atoms with E-state index < -0.39 is 0 Å². The topological polar surface area (TPSA) is 51.5 Å². The number of rotatable bonds is 3. The van der Waals surface area contributed by atoms with Gasteiger partial charge >= 0.3 is 5.97 Å². The first-order chi connectivity index (χ1) is 8.20. The van der Waals surface area contributed by atoms with Crippen LogP contribution in [-0.4, -0.2) is 29.3 Å². The fraction of sp³-hybridized carbons (Fsp3) is 0.417. The van der Waals surface area contributed by atoms with E-state index in [9.17, 15) is 4.79 Å². The molecule has 0 saturated carbocycles. The average molecular weight is 253 g/mol. The molecule has 2 heterocycles. The Morgan fingerprint density at radius 1 is 1.59 bits per heavy atom. The molecule has 0 unspecified atom stereocenters. The normalized spacial score (nSPS) is 18.9. The molecule has 1 atom stereocenters. The van der Waals surface area contributed by atoms with Gasteiger partial charge in [-0.25, -0.2) is 9.78 Å². The van der Waals surface area contributed by atoms with Crippen molar-refractivity contribution >= 4 is 23.3 Å². The molecular weight excluding hydrogens is 240 g/mol. The number of ether oxygens (including phenoxy) is 1. The summed E-state index contributed by atoms with van der Waals surface area (Å²) in [6.45, 7) is 2.18. The summed E-state index contributed by atoms with van der Waals surface area (Å²) in [5.41, 5.74) is 1.81. The first-order valence-corrected chi connectivity index (χ1v) is 5.93. The van der Waals surface area contributed by atoms with Gasteiger partial charge in [0.05, 0.1) is 6.61 Å². The van der Waals surface area contributed by atoms with Crippen molar-refractivity contribution in [2.45, 2.75) is 25.8 Å². The van der Waals surface area contributed by atoms with E-state index in [0.29, 0.717) is 18.2 Å². The van der Waals surface area contributed by atoms with Crippen LogP contribution in [0.5, 0.6) is 0 Å². The lowest BCUT2D eigenvalue weighted by Gasteiger charge is -2.04. The second kappa shape index (κ2) is 5.27. The number of carbonyl (C=O) groups excluding carboxylic acids is 1. The third kappa shape index (κ3) is 2.82. The predicted molar refractivity (Wildman–Crippen MR) is 65.4 cm³/mol. The van der Waals surface area contributed by atoms with E-state index in [1.165, 1.54) is 0 Å². The Hall–Kier alpha value is -1.42. The molecule has 0 fully saturated rings. The number of halogens is 1. The van der Waals surface area contributed by atoms with Gasteiger partial charge in [0.15, 0.2) is 0 Å². The molecular formula is C12H13ClN2O2. The summed E-state index contributed by atoms with van der Waals surface area (Å²) in [6, 6.07) is 3.22. The number of nitrogens with zero attached hydrogens (tertiary/aromatic N) is 2. The minimum absolute atomic E-state index is 0.246. The highest BCUT2D eigenvalue weighted by Crippen LogP contribution is 2.19. The van der Waals surface area contributed by atoms with Gasteiger partial charge in [0.2, 0.25) is 0 Å². The van der Waals surface area contributed by atoms with Crippen molar-refractivity contribution in [3.05, 3.63) is 29.0 Å². The number of hydrogen-bond donors (Lipinski definition) is 0. The fourth-order valence-electron chi connectivity index (χ4n) is 1.77. The minimum Gasteiger partial charge on any atom is -0.464 e. The van der Waals surface area contributed by atoms with Crippen LogP contribution in [0.3, 0.4) is 0 Å². The van der Waals surface area contributed by atoms with Crippen molar-refractivity contribution in [3.8, 4) is 0 Å². The summed E-state index contributed by atoms with van der Waals surface area (Å²) < 4.78 is 4.95. The zero-order valence-corrected chi connectivity index (χ0v) is 10.3. The summed E-state index contributed by atoms with van der Waals surface area (Å²) in [7, 11) is 0. The van der Waals surface area contributed by atoms with Crippen LogP contribution in [0.15, 0.2) is 23.3 Å². The lowest BCUT2D eigenvalue weighted by molar-refractivity contribution is -0.144. The molecule has 4 nitrogen and oxygen atoms in total. The summed E-state index contributed by atoms with van der Waals surface area (Å²) in [6.07, 6.45) is 3.15. The average Bonchev–Trinajstić information content (AvgIpc) is 2.80. The van der Waals surface area contributed by atoms with E-state index in [1.807, 2.05) is 6.07 Å². The standard InChI is InChI=1S/C12H13ClN2O2/c1-2-17-12(16)10-5-4-9(15-10)8-3-6-11(13)14-7-8/h3,6-7,10H,2,4-5H2,1H3/t10-/m0/s1. The van der Waals surface area contributed by atoms with E-state index in [0.717, 1.165) is 17.7 Å². The molecule has 0 aliphatic carbocycles. The molecule has 90 valence electrons. The van der Waals surface area contributed by atoms with Crippen LogP contribution in [-0.2, 0) is 9.53 Å². The highest BCUT2D eigenvalue weighted by atomic mass is 35.5. The van der Waals surface area contributed by atoms with E-state index in [-0.39, 0.29) is 12.0 Å². The zero-order valence-electron chi connectivity index (χ0n) is 9.52. The van der Waals surface area contributed by atoms with Gasteiger partial charge in [0, 0.05) is 17.5 Å². The Kier molecular flexibility index (Phi) is 3.74. The van der Waals surface area contributed by atoms with Gasteiger partial charge in [0.25, 0.3) is 0 Å². The summed E-state index contributed by atoms with van der Waals surface area (Å²) >= 11 is 5.71. The van der Waals surface area contributed by atoms with Gasteiger partial charge < -0.3 is 4.74 Å². The Morgan fingerprint density at radius 2 is 2.41 bits per heavy atom. The van der Waals surface area contributed by atoms with Crippen LogP contribution < -0.4 is 0 Å². The first kappa shape index (κ1) is 12.0. The number of aromatic nitrogens is 1. The summed E-state index contributed by atoms with van der Waals surface area (Å²) in [5, 5.41) is 0.453. The molecule has 17 heavy (non-hydrogen) atoms. The van der Waals surface area contributed by atoms with Crippen LogP contribution in [0.1, 0.15) is 25.3 Å². The Bertz CT molecular complexity index is 442. The molecule has 5 heteroatoms. The lowest BCUT2D eigenvalue weighted by atomic mass is 10.1. The monoisotopic (exact) mass is 252 g/mol. The van der Waals surface area contributed by atoms with Gasteiger partial charge in [-0.15, -0.1) is 0 Å². The molecule has 0 saturated heterocycles. The van der Waals surface area contributed by atoms with E-state index in [4.69, 9.17) is 16.3 Å². The fourth-order valence-corrected chi connectivity index (χ4v) is 1.88. The van der Waals surface area contributed by atoms with Gasteiger partial charge in [-0.2, -0.15) is 0 Å². The Labute approximate surface area is 105 Å². The zero-order chi connectivity index (χ0) is 12.3. The van der Waals surface area contributed by atoms with Gasteiger partial charge in [0.1, 0.15) is 11.2 Å². The molecule has 0 amide bonds. The van der Waals surface area contributed by atoms with Crippen molar-refractivity contribution in [2.75, 3.05) is 6.61 Å². The molecule has 0 N–H and O–H groups in total. The van der Waals surface area contributed by atoms with Crippen LogP contribution in [0.25, 0.3) is 0 Å². The number of pyridine rings is 1. The van der Waals surface area contributed by atoms with Crippen molar-refractivity contribution in [1.29, 1.82) is 0 Å². The molecule has 2 rings (SSSR count). The SMILES string of the molecule is CCOC(=O)[C@@H]1CCC(c2ccc(Cl)nc2)=N1. The maximum Gasteiger partial charge on any atom is 0.330 e. The second-order valence-corrected chi connectivity index (χ2v) is 4.14. The predicted octanol–water partition coefficient (Wildman–Crippen LogP) is 2.25. The van der Waals surface area contributed by atoms with Crippen molar-refractivity contribution < 1.29 is 9.53 Å². The largest absolute Gasteiger partial charge is 0.464 e. The Balaban J connectivity index is 2.11. The van der Waals surface area contributed by atoms with Gasteiger partial charge in [-0.3, -0.25) is 4.99 Å². The number of hydrogen-bond acceptors (Lipinski definition) is 4. The van der Waals surface area contributed by atoms with Gasteiger partial charge in [-0.1, -0.05) is 11.6 Å². The first-order valence-electron chi connectivity index (χ1n) is 5.56. The van der Waals surface area contributed by atoms with Crippen LogP contribution in [0.4, 0.5) is 0 Å². The second-order valence-electron chi connectivity index (χ2n) is 3.75. The quantitative estimate of drug-likeness (QED) is 0.612. The van der Waals surface area contributed by atoms with Crippen molar-refractivity contribution in [3.63, 3.8) is 0 Å². The smallest absolute Gasteiger partial charge is 0.330 e. The highest BCUT2D eigenvalue weighted by molar-refractivity contribution is 6.29. The molecule has 0 aromatic carbocycles. The van der Waals surface area contributed by atoms with Crippen LogP contribution in [0.2, 0.25) is 5.15 Å². The molecule has 1 aliphatic rings. The minimum atomic E-state index is -0.361. The number of aliphatic imine (C=N–C) groups is 1. The summed E-state index contributed by atoms with van der Waals surface area (Å²) in [4.78, 5) is 19.9. The maximum absolute atomic E-state index is 11.5. The highest BCUT2D eigenvalue weighted by Gasteiger charge is 2.25.